The van der Waals surface area contributed by atoms with Crippen LogP contribution >= 0.6 is 0 Å². The SMILES string of the molecule is FC(F)(C1CCCCC1)C1CCCCNC1. The van der Waals surface area contributed by atoms with E-state index in [1.807, 2.05) is 0 Å². The number of alkyl halides is 2. The van der Waals surface area contributed by atoms with Gasteiger partial charge in [-0.3, -0.25) is 0 Å². The van der Waals surface area contributed by atoms with Gasteiger partial charge >= 0.3 is 0 Å². The van der Waals surface area contributed by atoms with Crippen LogP contribution < -0.4 is 5.32 Å². The maximum absolute atomic E-state index is 14.3. The van der Waals surface area contributed by atoms with Gasteiger partial charge in [0.1, 0.15) is 0 Å². The largest absolute Gasteiger partial charge is 0.316 e. The monoisotopic (exact) mass is 231 g/mol. The van der Waals surface area contributed by atoms with Gasteiger partial charge in [-0.25, -0.2) is 8.78 Å². The Morgan fingerprint density at radius 1 is 0.812 bits per heavy atom. The fourth-order valence-corrected chi connectivity index (χ4v) is 3.17. The van der Waals surface area contributed by atoms with Crippen molar-refractivity contribution in [1.82, 2.24) is 5.32 Å². The number of halogens is 2. The zero-order chi connectivity index (χ0) is 11.4. The summed E-state index contributed by atoms with van der Waals surface area (Å²) in [7, 11) is 0. The third-order valence-electron chi connectivity index (χ3n) is 4.24. The molecule has 1 heterocycles. The van der Waals surface area contributed by atoms with E-state index < -0.39 is 11.8 Å². The lowest BCUT2D eigenvalue weighted by molar-refractivity contribution is -0.119. The lowest BCUT2D eigenvalue weighted by atomic mass is 9.78. The first kappa shape index (κ1) is 12.3. The molecule has 0 aromatic carbocycles. The van der Waals surface area contributed by atoms with Crippen LogP contribution in [0.2, 0.25) is 0 Å². The van der Waals surface area contributed by atoms with Crippen LogP contribution in [0.25, 0.3) is 0 Å². The van der Waals surface area contributed by atoms with Crippen LogP contribution in [0.1, 0.15) is 51.4 Å². The van der Waals surface area contributed by atoms with E-state index in [0.717, 1.165) is 51.5 Å². The topological polar surface area (TPSA) is 12.0 Å². The predicted molar refractivity (Wildman–Crippen MR) is 61.7 cm³/mol. The molecule has 0 radical (unpaired) electrons. The van der Waals surface area contributed by atoms with Crippen LogP contribution in [0.5, 0.6) is 0 Å². The maximum Gasteiger partial charge on any atom is 0.254 e. The van der Waals surface area contributed by atoms with Gasteiger partial charge in [-0.05, 0) is 32.2 Å². The number of hydrogen-bond donors (Lipinski definition) is 1. The normalized spacial score (nSPS) is 30.0. The van der Waals surface area contributed by atoms with Crippen LogP contribution in [-0.4, -0.2) is 19.0 Å². The molecule has 1 atom stereocenters. The second-order valence-corrected chi connectivity index (χ2v) is 5.41. The van der Waals surface area contributed by atoms with Crippen LogP contribution in [-0.2, 0) is 0 Å². The van der Waals surface area contributed by atoms with Crippen molar-refractivity contribution >= 4 is 0 Å². The summed E-state index contributed by atoms with van der Waals surface area (Å²) in [4.78, 5) is 0. The lowest BCUT2D eigenvalue weighted by Crippen LogP contribution is -2.42. The van der Waals surface area contributed by atoms with Crippen molar-refractivity contribution in [3.8, 4) is 0 Å². The number of nitrogens with one attached hydrogen (secondary N) is 1. The summed E-state index contributed by atoms with van der Waals surface area (Å²) in [6.45, 7) is 1.43. The Morgan fingerprint density at radius 3 is 2.19 bits per heavy atom. The zero-order valence-electron chi connectivity index (χ0n) is 9.98. The fourth-order valence-electron chi connectivity index (χ4n) is 3.17. The third kappa shape index (κ3) is 2.73. The molecule has 0 aromatic heterocycles. The highest BCUT2D eigenvalue weighted by molar-refractivity contribution is 4.88. The highest BCUT2D eigenvalue weighted by Crippen LogP contribution is 2.43. The molecular weight excluding hydrogens is 208 g/mol. The maximum atomic E-state index is 14.3. The summed E-state index contributed by atoms with van der Waals surface area (Å²) in [6, 6.07) is 0. The number of rotatable bonds is 2. The van der Waals surface area contributed by atoms with E-state index in [0.29, 0.717) is 13.0 Å². The first-order valence-electron chi connectivity index (χ1n) is 6.80. The molecule has 2 fully saturated rings. The van der Waals surface area contributed by atoms with Crippen molar-refractivity contribution in [3.05, 3.63) is 0 Å². The van der Waals surface area contributed by atoms with Gasteiger partial charge in [0.15, 0.2) is 0 Å². The van der Waals surface area contributed by atoms with Gasteiger partial charge in [0.2, 0.25) is 0 Å². The molecule has 1 unspecified atom stereocenters. The van der Waals surface area contributed by atoms with Gasteiger partial charge in [0.25, 0.3) is 5.92 Å². The Morgan fingerprint density at radius 2 is 1.44 bits per heavy atom. The molecule has 0 spiro atoms. The number of hydrogen-bond acceptors (Lipinski definition) is 1. The van der Waals surface area contributed by atoms with Gasteiger partial charge in [-0.1, -0.05) is 25.7 Å². The predicted octanol–water partition coefficient (Wildman–Crippen LogP) is 3.59. The minimum Gasteiger partial charge on any atom is -0.316 e. The summed E-state index contributed by atoms with van der Waals surface area (Å²) >= 11 is 0. The Kier molecular flexibility index (Phi) is 4.17. The molecule has 94 valence electrons. The van der Waals surface area contributed by atoms with Gasteiger partial charge in [0, 0.05) is 18.4 Å². The molecule has 0 aromatic rings. The Labute approximate surface area is 97.0 Å². The van der Waals surface area contributed by atoms with Crippen molar-refractivity contribution in [2.45, 2.75) is 57.3 Å². The van der Waals surface area contributed by atoms with Gasteiger partial charge < -0.3 is 5.32 Å². The van der Waals surface area contributed by atoms with E-state index in [9.17, 15) is 8.78 Å². The molecule has 2 rings (SSSR count). The second-order valence-electron chi connectivity index (χ2n) is 5.41. The zero-order valence-corrected chi connectivity index (χ0v) is 9.98. The summed E-state index contributed by atoms with van der Waals surface area (Å²) in [5.41, 5.74) is 0. The minimum atomic E-state index is -2.43. The van der Waals surface area contributed by atoms with Crippen molar-refractivity contribution in [1.29, 1.82) is 0 Å². The van der Waals surface area contributed by atoms with E-state index in [4.69, 9.17) is 0 Å². The molecule has 1 saturated heterocycles. The average molecular weight is 231 g/mol. The molecule has 2 aliphatic rings. The molecule has 1 aliphatic carbocycles. The van der Waals surface area contributed by atoms with Crippen LogP contribution in [0.3, 0.4) is 0 Å². The molecule has 1 saturated carbocycles. The van der Waals surface area contributed by atoms with Crippen molar-refractivity contribution in [3.63, 3.8) is 0 Å². The van der Waals surface area contributed by atoms with Gasteiger partial charge in [-0.15, -0.1) is 0 Å². The molecule has 1 N–H and O–H groups in total. The summed E-state index contributed by atoms with van der Waals surface area (Å²) in [5.74, 6) is -3.19. The molecule has 0 amide bonds. The molecule has 16 heavy (non-hydrogen) atoms. The van der Waals surface area contributed by atoms with Crippen LogP contribution in [0, 0.1) is 11.8 Å². The smallest absolute Gasteiger partial charge is 0.254 e. The van der Waals surface area contributed by atoms with Crippen molar-refractivity contribution < 1.29 is 8.78 Å². The molecule has 1 nitrogen and oxygen atoms in total. The van der Waals surface area contributed by atoms with E-state index >= 15 is 0 Å². The molecule has 0 bridgehead atoms. The second kappa shape index (κ2) is 5.44. The summed E-state index contributed by atoms with van der Waals surface area (Å²) < 4.78 is 28.7. The van der Waals surface area contributed by atoms with Crippen molar-refractivity contribution in [2.24, 2.45) is 11.8 Å². The van der Waals surface area contributed by atoms with E-state index in [1.54, 1.807) is 0 Å². The summed E-state index contributed by atoms with van der Waals surface area (Å²) in [5, 5.41) is 3.16. The quantitative estimate of drug-likeness (QED) is 0.765. The highest BCUT2D eigenvalue weighted by atomic mass is 19.3. The average Bonchev–Trinajstić information content (AvgIpc) is 2.59. The molecular formula is C13H23F2N. The van der Waals surface area contributed by atoms with Crippen LogP contribution in [0.15, 0.2) is 0 Å². The third-order valence-corrected chi connectivity index (χ3v) is 4.24. The highest BCUT2D eigenvalue weighted by Gasteiger charge is 2.46. The van der Waals surface area contributed by atoms with Crippen LogP contribution in [0.4, 0.5) is 8.78 Å². The molecule has 1 aliphatic heterocycles. The van der Waals surface area contributed by atoms with E-state index in [2.05, 4.69) is 5.32 Å². The van der Waals surface area contributed by atoms with Gasteiger partial charge in [-0.2, -0.15) is 0 Å². The Bertz CT molecular complexity index is 204. The Balaban J connectivity index is 1.97. The minimum absolute atomic E-state index is 0.342. The molecule has 3 heteroatoms. The first-order chi connectivity index (χ1) is 7.71. The van der Waals surface area contributed by atoms with Gasteiger partial charge in [0.05, 0.1) is 0 Å². The first-order valence-corrected chi connectivity index (χ1v) is 6.80. The fraction of sp³-hybridized carbons (Fsp3) is 1.00. The van der Waals surface area contributed by atoms with Crippen molar-refractivity contribution in [2.75, 3.05) is 13.1 Å². The van der Waals surface area contributed by atoms with E-state index in [-0.39, 0.29) is 5.92 Å². The Hall–Kier alpha value is -0.180. The lowest BCUT2D eigenvalue weighted by Gasteiger charge is -2.35. The standard InChI is InChI=1S/C13H23F2N/c14-13(15,11-6-2-1-3-7-11)12-8-4-5-9-16-10-12/h11-12,16H,1-10H2. The summed E-state index contributed by atoms with van der Waals surface area (Å²) in [6.07, 6.45) is 7.34. The van der Waals surface area contributed by atoms with E-state index in [1.165, 1.54) is 0 Å².